The van der Waals surface area contributed by atoms with Gasteiger partial charge in [0, 0.05) is 57.8 Å². The Morgan fingerprint density at radius 1 is 1.09 bits per heavy atom. The molecule has 0 N–H and O–H groups in total. The molecule has 2 aliphatic heterocycles. The van der Waals surface area contributed by atoms with Gasteiger partial charge in [-0.15, -0.1) is 0 Å². The van der Waals surface area contributed by atoms with Gasteiger partial charge < -0.3 is 14.7 Å². The van der Waals surface area contributed by atoms with Crippen LogP contribution in [0.2, 0.25) is 0 Å². The van der Waals surface area contributed by atoms with Crippen molar-refractivity contribution in [1.29, 1.82) is 0 Å². The number of halogens is 1. The van der Waals surface area contributed by atoms with E-state index >= 15 is 0 Å². The van der Waals surface area contributed by atoms with E-state index in [1.54, 1.807) is 11.0 Å². The third-order valence-electron chi connectivity index (χ3n) is 6.84. The highest BCUT2D eigenvalue weighted by Gasteiger charge is 2.54. The fourth-order valence-electron chi connectivity index (χ4n) is 4.84. The van der Waals surface area contributed by atoms with Crippen molar-refractivity contribution < 1.29 is 18.8 Å². The zero-order chi connectivity index (χ0) is 25.2. The molecule has 1 unspecified atom stereocenters. The summed E-state index contributed by atoms with van der Waals surface area (Å²) in [6, 6.07) is 11.6. The summed E-state index contributed by atoms with van der Waals surface area (Å²) in [5.74, 6) is -0.584. The van der Waals surface area contributed by atoms with Crippen LogP contribution >= 0.6 is 0 Å². The predicted octanol–water partition coefficient (Wildman–Crippen LogP) is 1.83. The van der Waals surface area contributed by atoms with Crippen molar-refractivity contribution in [3.05, 3.63) is 59.5 Å². The fraction of sp³-hybridized carbons (Fsp3) is 0.462. The van der Waals surface area contributed by atoms with Crippen LogP contribution in [-0.4, -0.2) is 90.8 Å². The highest BCUT2D eigenvalue weighted by atomic mass is 19.1. The van der Waals surface area contributed by atoms with Crippen molar-refractivity contribution in [1.82, 2.24) is 19.7 Å². The SMILES string of the molecule is Cc1cccc(N2CCN(C(=O)CC3(c4cccc(F)c4)CC(=O)N(CCN(C)C)C3=O)CC2)n1. The standard InChI is InChI=1S/C26H32FN5O3/c1-19-6-4-9-22(28-19)30-11-13-31(14-12-30)23(33)17-26(20-7-5-8-21(27)16-20)18-24(34)32(25(26)35)15-10-29(2)3/h4-9,16H,10-15,17-18H2,1-3H3. The van der Waals surface area contributed by atoms with Crippen LogP contribution in [0.25, 0.3) is 0 Å². The monoisotopic (exact) mass is 481 g/mol. The number of aromatic nitrogens is 1. The molecule has 1 aromatic carbocycles. The summed E-state index contributed by atoms with van der Waals surface area (Å²) < 4.78 is 14.2. The molecular formula is C26H32FN5O3. The molecule has 3 amide bonds. The van der Waals surface area contributed by atoms with Gasteiger partial charge in [-0.2, -0.15) is 0 Å². The molecule has 9 heteroatoms. The van der Waals surface area contributed by atoms with Gasteiger partial charge in [0.15, 0.2) is 0 Å². The molecule has 0 saturated carbocycles. The van der Waals surface area contributed by atoms with E-state index in [0.717, 1.165) is 11.5 Å². The number of imide groups is 1. The molecular weight excluding hydrogens is 449 g/mol. The number of likely N-dealkylation sites (tertiary alicyclic amines) is 1. The van der Waals surface area contributed by atoms with Gasteiger partial charge in [-0.25, -0.2) is 9.37 Å². The maximum atomic E-state index is 14.2. The van der Waals surface area contributed by atoms with Gasteiger partial charge in [0.05, 0.1) is 5.41 Å². The molecule has 0 bridgehead atoms. The molecule has 35 heavy (non-hydrogen) atoms. The quantitative estimate of drug-likeness (QED) is 0.562. The van der Waals surface area contributed by atoms with Gasteiger partial charge in [-0.3, -0.25) is 19.3 Å². The second-order valence-electron chi connectivity index (χ2n) is 9.60. The summed E-state index contributed by atoms with van der Waals surface area (Å²) in [5, 5.41) is 0. The summed E-state index contributed by atoms with van der Waals surface area (Å²) in [6.45, 7) is 4.91. The number of nitrogens with zero attached hydrogens (tertiary/aromatic N) is 5. The van der Waals surface area contributed by atoms with Crippen molar-refractivity contribution in [3.8, 4) is 0 Å². The maximum absolute atomic E-state index is 14.2. The van der Waals surface area contributed by atoms with Gasteiger partial charge in [0.1, 0.15) is 11.6 Å². The maximum Gasteiger partial charge on any atom is 0.240 e. The van der Waals surface area contributed by atoms with Crippen LogP contribution in [0.15, 0.2) is 42.5 Å². The predicted molar refractivity (Wildman–Crippen MR) is 130 cm³/mol. The number of amides is 3. The van der Waals surface area contributed by atoms with E-state index in [1.807, 2.05) is 44.1 Å². The highest BCUT2D eigenvalue weighted by Crippen LogP contribution is 2.40. The van der Waals surface area contributed by atoms with Gasteiger partial charge in [-0.05, 0) is 50.8 Å². The fourth-order valence-corrected chi connectivity index (χ4v) is 4.84. The first-order valence-electron chi connectivity index (χ1n) is 11.9. The molecule has 2 aliphatic rings. The minimum absolute atomic E-state index is 0.137. The first kappa shape index (κ1) is 24.8. The number of rotatable bonds is 7. The van der Waals surface area contributed by atoms with Gasteiger partial charge in [0.25, 0.3) is 0 Å². The Bertz CT molecular complexity index is 1120. The molecule has 0 spiro atoms. The Labute approximate surface area is 205 Å². The number of hydrogen-bond donors (Lipinski definition) is 0. The van der Waals surface area contributed by atoms with Crippen LogP contribution < -0.4 is 4.90 Å². The second-order valence-corrected chi connectivity index (χ2v) is 9.60. The molecule has 0 radical (unpaired) electrons. The minimum Gasteiger partial charge on any atom is -0.353 e. The van der Waals surface area contributed by atoms with Crippen LogP contribution in [0.4, 0.5) is 10.2 Å². The summed E-state index contributed by atoms with van der Waals surface area (Å²) >= 11 is 0. The van der Waals surface area contributed by atoms with Crippen LogP contribution in [0.5, 0.6) is 0 Å². The van der Waals surface area contributed by atoms with Gasteiger partial charge in [-0.1, -0.05) is 18.2 Å². The van der Waals surface area contributed by atoms with E-state index in [1.165, 1.54) is 23.1 Å². The van der Waals surface area contributed by atoms with Gasteiger partial charge >= 0.3 is 0 Å². The van der Waals surface area contributed by atoms with E-state index in [9.17, 15) is 18.8 Å². The van der Waals surface area contributed by atoms with E-state index in [0.29, 0.717) is 38.3 Å². The van der Waals surface area contributed by atoms with Crippen molar-refractivity contribution >= 4 is 23.5 Å². The molecule has 2 aromatic rings. The number of anilines is 1. The molecule has 1 atom stereocenters. The van der Waals surface area contributed by atoms with E-state index in [2.05, 4.69) is 9.88 Å². The largest absolute Gasteiger partial charge is 0.353 e. The van der Waals surface area contributed by atoms with Crippen molar-refractivity contribution in [3.63, 3.8) is 0 Å². The molecule has 2 saturated heterocycles. The first-order chi connectivity index (χ1) is 16.7. The van der Waals surface area contributed by atoms with Crippen molar-refractivity contribution in [2.45, 2.75) is 25.2 Å². The van der Waals surface area contributed by atoms with Crippen molar-refractivity contribution in [2.24, 2.45) is 0 Å². The summed E-state index contributed by atoms with van der Waals surface area (Å²) in [5.41, 5.74) is -0.0851. The van der Waals surface area contributed by atoms with Crippen LogP contribution in [0, 0.1) is 12.7 Å². The lowest BCUT2D eigenvalue weighted by Crippen LogP contribution is -2.51. The minimum atomic E-state index is -1.39. The van der Waals surface area contributed by atoms with Crippen LogP contribution in [0.1, 0.15) is 24.1 Å². The summed E-state index contributed by atoms with van der Waals surface area (Å²) in [6.07, 6.45) is -0.302. The first-order valence-corrected chi connectivity index (χ1v) is 11.9. The molecule has 3 heterocycles. The lowest BCUT2D eigenvalue weighted by molar-refractivity contribution is -0.142. The smallest absolute Gasteiger partial charge is 0.240 e. The Kier molecular flexibility index (Phi) is 7.16. The number of likely N-dealkylation sites (N-methyl/N-ethyl adjacent to an activating group) is 1. The number of benzene rings is 1. The van der Waals surface area contributed by atoms with E-state index < -0.39 is 17.1 Å². The lowest BCUT2D eigenvalue weighted by atomic mass is 9.75. The zero-order valence-corrected chi connectivity index (χ0v) is 20.5. The molecule has 8 nitrogen and oxygen atoms in total. The molecule has 1 aromatic heterocycles. The number of aryl methyl sites for hydroxylation is 1. The third-order valence-corrected chi connectivity index (χ3v) is 6.84. The third kappa shape index (κ3) is 5.19. The number of carbonyl (C=O) groups excluding carboxylic acids is 3. The Balaban J connectivity index is 1.53. The normalized spacial score (nSPS) is 20.8. The zero-order valence-electron chi connectivity index (χ0n) is 20.5. The average Bonchev–Trinajstić information content (AvgIpc) is 3.07. The highest BCUT2D eigenvalue weighted by molar-refractivity contribution is 6.10. The topological polar surface area (TPSA) is 77.1 Å². The molecule has 4 rings (SSSR count). The Morgan fingerprint density at radius 3 is 2.46 bits per heavy atom. The van der Waals surface area contributed by atoms with Crippen LogP contribution in [-0.2, 0) is 19.8 Å². The number of pyridine rings is 1. The van der Waals surface area contributed by atoms with Crippen LogP contribution in [0.3, 0.4) is 0 Å². The molecule has 0 aliphatic carbocycles. The number of piperazine rings is 1. The summed E-state index contributed by atoms with van der Waals surface area (Å²) in [4.78, 5) is 51.5. The number of hydrogen-bond acceptors (Lipinski definition) is 6. The Morgan fingerprint density at radius 2 is 1.80 bits per heavy atom. The Hall–Kier alpha value is -3.33. The second kappa shape index (κ2) is 10.1. The lowest BCUT2D eigenvalue weighted by Gasteiger charge is -2.37. The van der Waals surface area contributed by atoms with Gasteiger partial charge in [0.2, 0.25) is 17.7 Å². The van der Waals surface area contributed by atoms with Crippen molar-refractivity contribution in [2.75, 3.05) is 58.3 Å². The van der Waals surface area contributed by atoms with E-state index in [4.69, 9.17) is 0 Å². The molecule has 186 valence electrons. The van der Waals surface area contributed by atoms with E-state index in [-0.39, 0.29) is 31.2 Å². The summed E-state index contributed by atoms with van der Waals surface area (Å²) in [7, 11) is 3.72. The average molecular weight is 482 g/mol. The molecule has 2 fully saturated rings. The number of carbonyl (C=O) groups is 3.